The Morgan fingerprint density at radius 1 is 1.30 bits per heavy atom. The van der Waals surface area contributed by atoms with E-state index in [9.17, 15) is 0 Å². The summed E-state index contributed by atoms with van der Waals surface area (Å²) in [6.07, 6.45) is 5.70. The van der Waals surface area contributed by atoms with Gasteiger partial charge in [0.25, 0.3) is 5.82 Å². The Labute approximate surface area is 119 Å². The monoisotopic (exact) mass is 279 g/mol. The van der Waals surface area contributed by atoms with Gasteiger partial charge in [-0.15, -0.1) is 0 Å². The summed E-state index contributed by atoms with van der Waals surface area (Å²) in [4.78, 5) is 11.2. The Hall–Kier alpha value is -2.27. The maximum atomic E-state index is 4.49. The highest BCUT2D eigenvalue weighted by atomic mass is 32.1. The third-order valence-electron chi connectivity index (χ3n) is 4.06. The zero-order chi connectivity index (χ0) is 13.3. The zero-order valence-electron chi connectivity index (χ0n) is 10.9. The number of pyridine rings is 2. The van der Waals surface area contributed by atoms with Crippen molar-refractivity contribution in [2.24, 2.45) is 7.05 Å². The molecule has 0 N–H and O–H groups in total. The van der Waals surface area contributed by atoms with Crippen LogP contribution in [0.25, 0.3) is 32.0 Å². The molecule has 1 aliphatic heterocycles. The van der Waals surface area contributed by atoms with Gasteiger partial charge in [-0.25, -0.2) is 14.1 Å². The van der Waals surface area contributed by atoms with Crippen LogP contribution in [0, 0.1) is 0 Å². The third kappa shape index (κ3) is 1.10. The van der Waals surface area contributed by atoms with Crippen LogP contribution in [0.1, 0.15) is 5.56 Å². The lowest BCUT2D eigenvalue weighted by molar-refractivity contribution is -0.644. The molecule has 5 rings (SSSR count). The van der Waals surface area contributed by atoms with Crippen LogP contribution in [-0.2, 0) is 13.6 Å². The summed E-state index contributed by atoms with van der Waals surface area (Å²) in [5.41, 5.74) is 3.87. The van der Waals surface area contributed by atoms with Crippen LogP contribution in [0.2, 0.25) is 0 Å². The Morgan fingerprint density at radius 3 is 3.20 bits per heavy atom. The van der Waals surface area contributed by atoms with Gasteiger partial charge in [0.15, 0.2) is 5.52 Å². The average Bonchev–Trinajstić information content (AvgIpc) is 3.10. The quantitative estimate of drug-likeness (QED) is 0.408. The van der Waals surface area contributed by atoms with Crippen LogP contribution in [0.3, 0.4) is 0 Å². The fraction of sp³-hybridized carbons (Fsp3) is 0.133. The van der Waals surface area contributed by atoms with E-state index in [1.807, 2.05) is 24.7 Å². The molecule has 5 heterocycles. The van der Waals surface area contributed by atoms with Crippen LogP contribution in [0.5, 0.6) is 0 Å². The molecule has 5 heteroatoms. The van der Waals surface area contributed by atoms with Crippen molar-refractivity contribution in [3.05, 3.63) is 42.4 Å². The van der Waals surface area contributed by atoms with Crippen LogP contribution >= 0.6 is 11.3 Å². The van der Waals surface area contributed by atoms with Crippen molar-refractivity contribution in [3.63, 3.8) is 0 Å². The maximum Gasteiger partial charge on any atom is 0.292 e. The number of rotatable bonds is 0. The van der Waals surface area contributed by atoms with Gasteiger partial charge in [0, 0.05) is 24.2 Å². The minimum atomic E-state index is 0.928. The summed E-state index contributed by atoms with van der Waals surface area (Å²) in [5.74, 6) is 1.25. The lowest BCUT2D eigenvalue weighted by Gasteiger charge is -1.94. The van der Waals surface area contributed by atoms with Crippen LogP contribution in [0.15, 0.2) is 36.8 Å². The largest absolute Gasteiger partial charge is 0.292 e. The molecule has 0 spiro atoms. The van der Waals surface area contributed by atoms with Crippen LogP contribution in [0.4, 0.5) is 0 Å². The lowest BCUT2D eigenvalue weighted by atomic mass is 10.2. The number of thiophene rings is 1. The number of aromatic nitrogens is 4. The standard InChI is InChI=1S/C15H11N4S/c1-18-12-10-3-2-5-17-13(10)20-15(12)19-8-9-4-6-16-7-11(9)14(18)19/h2-7H,8H2,1H3/q+1. The molecule has 96 valence electrons. The molecule has 4 nitrogen and oxygen atoms in total. The van der Waals surface area contributed by atoms with E-state index < -0.39 is 0 Å². The molecule has 0 aromatic carbocycles. The average molecular weight is 279 g/mol. The predicted molar refractivity (Wildman–Crippen MR) is 78.6 cm³/mol. The molecule has 0 unspecified atom stereocenters. The Bertz CT molecular complexity index is 996. The summed E-state index contributed by atoms with van der Waals surface area (Å²) >= 11 is 1.77. The van der Waals surface area contributed by atoms with Gasteiger partial charge in [-0.1, -0.05) is 11.3 Å². The van der Waals surface area contributed by atoms with E-state index in [-0.39, 0.29) is 0 Å². The molecule has 4 aromatic heterocycles. The number of nitrogens with zero attached hydrogens (tertiary/aromatic N) is 4. The van der Waals surface area contributed by atoms with Crippen molar-refractivity contribution in [1.82, 2.24) is 14.5 Å². The van der Waals surface area contributed by atoms with Gasteiger partial charge < -0.3 is 0 Å². The summed E-state index contributed by atoms with van der Waals surface area (Å²) in [5, 5.41) is 1.24. The number of aryl methyl sites for hydroxylation is 1. The molecule has 0 fully saturated rings. The third-order valence-corrected chi connectivity index (χ3v) is 5.18. The fourth-order valence-corrected chi connectivity index (χ4v) is 4.38. The normalized spacial score (nSPS) is 13.1. The second-order valence-electron chi connectivity index (χ2n) is 5.11. The van der Waals surface area contributed by atoms with Crippen molar-refractivity contribution in [1.29, 1.82) is 0 Å². The lowest BCUT2D eigenvalue weighted by Crippen LogP contribution is -2.30. The minimum Gasteiger partial charge on any atom is -0.264 e. The topological polar surface area (TPSA) is 34.6 Å². The summed E-state index contributed by atoms with van der Waals surface area (Å²) in [6.45, 7) is 0.928. The molecular weight excluding hydrogens is 268 g/mol. The summed E-state index contributed by atoms with van der Waals surface area (Å²) < 4.78 is 4.66. The SMILES string of the molecule is Cn1c2[n+](c3sc4ncccc4c31)Cc1ccncc1-2. The summed E-state index contributed by atoms with van der Waals surface area (Å²) in [6, 6.07) is 6.27. The first-order valence-corrected chi connectivity index (χ1v) is 7.35. The molecule has 0 aliphatic carbocycles. The van der Waals surface area contributed by atoms with Crippen molar-refractivity contribution in [3.8, 4) is 11.4 Å². The van der Waals surface area contributed by atoms with Gasteiger partial charge in [0.2, 0.25) is 4.83 Å². The van der Waals surface area contributed by atoms with E-state index in [1.54, 1.807) is 11.3 Å². The molecule has 1 aliphatic rings. The second-order valence-corrected chi connectivity index (χ2v) is 6.09. The first kappa shape index (κ1) is 10.5. The van der Waals surface area contributed by atoms with E-state index in [1.165, 1.54) is 32.7 Å². The summed E-state index contributed by atoms with van der Waals surface area (Å²) in [7, 11) is 2.13. The number of fused-ring (bicyclic) bond motifs is 7. The van der Waals surface area contributed by atoms with Crippen molar-refractivity contribution < 1.29 is 4.57 Å². The molecular formula is C15H11N4S+. The van der Waals surface area contributed by atoms with E-state index >= 15 is 0 Å². The van der Waals surface area contributed by atoms with Crippen LogP contribution < -0.4 is 4.57 Å². The molecule has 4 aromatic rings. The predicted octanol–water partition coefficient (Wildman–Crippen LogP) is 2.50. The second kappa shape index (κ2) is 3.43. The number of hydrogen-bond acceptors (Lipinski definition) is 3. The van der Waals surface area contributed by atoms with Gasteiger partial charge in [-0.3, -0.25) is 4.98 Å². The van der Waals surface area contributed by atoms with E-state index in [0.717, 1.165) is 11.4 Å². The first-order chi connectivity index (χ1) is 9.84. The van der Waals surface area contributed by atoms with Crippen LogP contribution in [-0.4, -0.2) is 14.5 Å². The highest BCUT2D eigenvalue weighted by Gasteiger charge is 2.34. The molecule has 0 atom stereocenters. The van der Waals surface area contributed by atoms with Gasteiger partial charge >= 0.3 is 0 Å². The highest BCUT2D eigenvalue weighted by molar-refractivity contribution is 7.24. The first-order valence-electron chi connectivity index (χ1n) is 6.53. The molecule has 0 saturated heterocycles. The molecule has 0 radical (unpaired) electrons. The van der Waals surface area contributed by atoms with Gasteiger partial charge in [-0.2, -0.15) is 0 Å². The van der Waals surface area contributed by atoms with Gasteiger partial charge in [0.1, 0.15) is 11.4 Å². The van der Waals surface area contributed by atoms with E-state index in [4.69, 9.17) is 0 Å². The molecule has 20 heavy (non-hydrogen) atoms. The highest BCUT2D eigenvalue weighted by Crippen LogP contribution is 2.36. The smallest absolute Gasteiger partial charge is 0.264 e. The zero-order valence-corrected chi connectivity index (χ0v) is 11.7. The molecule has 0 amide bonds. The van der Waals surface area contributed by atoms with Gasteiger partial charge in [0.05, 0.1) is 18.0 Å². The van der Waals surface area contributed by atoms with Crippen molar-refractivity contribution in [2.75, 3.05) is 0 Å². The Kier molecular flexibility index (Phi) is 1.80. The van der Waals surface area contributed by atoms with Gasteiger partial charge in [-0.05, 0) is 18.2 Å². The van der Waals surface area contributed by atoms with E-state index in [2.05, 4.69) is 38.3 Å². The molecule has 0 bridgehead atoms. The number of hydrogen-bond donors (Lipinski definition) is 0. The molecule has 0 saturated carbocycles. The minimum absolute atomic E-state index is 0.928. The maximum absolute atomic E-state index is 4.49. The van der Waals surface area contributed by atoms with Crippen molar-refractivity contribution >= 4 is 31.9 Å². The van der Waals surface area contributed by atoms with E-state index in [0.29, 0.717) is 0 Å². The van der Waals surface area contributed by atoms with Crippen molar-refractivity contribution in [2.45, 2.75) is 6.54 Å². The fourth-order valence-electron chi connectivity index (χ4n) is 3.20. The Morgan fingerprint density at radius 2 is 2.25 bits per heavy atom. The Balaban J connectivity index is 1.98. The number of imidazole rings is 1.